The van der Waals surface area contributed by atoms with Crippen LogP contribution in [0, 0.1) is 17.8 Å². The number of likely N-dealkylation sites (tertiary alicyclic amines) is 1. The fourth-order valence-corrected chi connectivity index (χ4v) is 3.76. The minimum Gasteiger partial charge on any atom is -0.317 e. The Morgan fingerprint density at radius 1 is 1.12 bits per heavy atom. The molecule has 2 aliphatic carbocycles. The van der Waals surface area contributed by atoms with Gasteiger partial charge in [0.2, 0.25) is 0 Å². The van der Waals surface area contributed by atoms with Crippen molar-refractivity contribution in [1.29, 1.82) is 0 Å². The van der Waals surface area contributed by atoms with Gasteiger partial charge in [-0.3, -0.25) is 0 Å². The van der Waals surface area contributed by atoms with Gasteiger partial charge in [-0.25, -0.2) is 0 Å². The lowest BCUT2D eigenvalue weighted by Crippen LogP contribution is -2.48. The highest BCUT2D eigenvalue weighted by atomic mass is 15.2. The maximum atomic E-state index is 3.45. The lowest BCUT2D eigenvalue weighted by molar-refractivity contribution is 0.106. The van der Waals surface area contributed by atoms with E-state index in [4.69, 9.17) is 0 Å². The van der Waals surface area contributed by atoms with Crippen LogP contribution < -0.4 is 5.32 Å². The summed E-state index contributed by atoms with van der Waals surface area (Å²) in [4.78, 5) is 2.79. The maximum absolute atomic E-state index is 3.45. The molecule has 0 radical (unpaired) electrons. The fourth-order valence-electron chi connectivity index (χ4n) is 3.76. The monoisotopic (exact) mass is 236 g/mol. The topological polar surface area (TPSA) is 15.3 Å². The summed E-state index contributed by atoms with van der Waals surface area (Å²) in [6.45, 7) is 5.16. The van der Waals surface area contributed by atoms with Crippen LogP contribution in [0.2, 0.25) is 0 Å². The third-order valence-corrected chi connectivity index (χ3v) is 5.32. The van der Waals surface area contributed by atoms with Gasteiger partial charge in [0.15, 0.2) is 0 Å². The first-order valence-corrected chi connectivity index (χ1v) is 7.69. The summed E-state index contributed by atoms with van der Waals surface area (Å²) in [5.74, 6) is 3.28. The Kier molecular flexibility index (Phi) is 3.45. The molecule has 17 heavy (non-hydrogen) atoms. The lowest BCUT2D eigenvalue weighted by Gasteiger charge is -2.39. The van der Waals surface area contributed by atoms with E-state index in [0.717, 1.165) is 29.8 Å². The average molecular weight is 236 g/mol. The van der Waals surface area contributed by atoms with Crippen LogP contribution in [0.15, 0.2) is 0 Å². The van der Waals surface area contributed by atoms with E-state index in [0.29, 0.717) is 0 Å². The van der Waals surface area contributed by atoms with Gasteiger partial charge in [0.25, 0.3) is 0 Å². The predicted octanol–water partition coefficient (Wildman–Crippen LogP) is 2.49. The van der Waals surface area contributed by atoms with E-state index < -0.39 is 0 Å². The summed E-state index contributed by atoms with van der Waals surface area (Å²) in [5, 5.41) is 3.45. The molecule has 1 aliphatic heterocycles. The van der Waals surface area contributed by atoms with Crippen LogP contribution in [0.3, 0.4) is 0 Å². The first-order chi connectivity index (χ1) is 8.28. The summed E-state index contributed by atoms with van der Waals surface area (Å²) in [7, 11) is 2.12. The molecule has 3 rings (SSSR count). The molecule has 3 aliphatic rings. The van der Waals surface area contributed by atoms with Gasteiger partial charge in [-0.1, -0.05) is 0 Å². The molecule has 0 amide bonds. The van der Waals surface area contributed by atoms with E-state index in [1.807, 2.05) is 0 Å². The standard InChI is InChI=1S/C15H28N2/c1-11-9-14(16-2)7-8-17(11)10-15(12-3-4-12)13-5-6-13/h11-16H,3-10H2,1-2H3. The van der Waals surface area contributed by atoms with Gasteiger partial charge >= 0.3 is 0 Å². The third-order valence-electron chi connectivity index (χ3n) is 5.32. The largest absolute Gasteiger partial charge is 0.317 e. The van der Waals surface area contributed by atoms with E-state index in [1.165, 1.54) is 51.6 Å². The van der Waals surface area contributed by atoms with Crippen LogP contribution in [0.25, 0.3) is 0 Å². The summed E-state index contributed by atoms with van der Waals surface area (Å²) < 4.78 is 0. The van der Waals surface area contributed by atoms with Crippen molar-refractivity contribution in [3.63, 3.8) is 0 Å². The second-order valence-corrected chi connectivity index (χ2v) is 6.69. The first kappa shape index (κ1) is 12.0. The van der Waals surface area contributed by atoms with Crippen molar-refractivity contribution >= 4 is 0 Å². The molecule has 1 heterocycles. The van der Waals surface area contributed by atoms with Gasteiger partial charge in [0.05, 0.1) is 0 Å². The number of hydrogen-bond acceptors (Lipinski definition) is 2. The average Bonchev–Trinajstić information content (AvgIpc) is 3.18. The zero-order valence-electron chi connectivity index (χ0n) is 11.5. The van der Waals surface area contributed by atoms with Crippen molar-refractivity contribution in [2.45, 2.75) is 57.5 Å². The zero-order valence-corrected chi connectivity index (χ0v) is 11.5. The smallest absolute Gasteiger partial charge is 0.00910 e. The fraction of sp³-hybridized carbons (Fsp3) is 1.00. The molecule has 0 spiro atoms. The molecular weight excluding hydrogens is 208 g/mol. The van der Waals surface area contributed by atoms with E-state index in [2.05, 4.69) is 24.2 Å². The molecule has 98 valence electrons. The minimum atomic E-state index is 0.765. The molecule has 2 saturated carbocycles. The Balaban J connectivity index is 1.53. The summed E-state index contributed by atoms with van der Waals surface area (Å²) in [6, 6.07) is 1.56. The van der Waals surface area contributed by atoms with Gasteiger partial charge < -0.3 is 10.2 Å². The number of rotatable bonds is 5. The van der Waals surface area contributed by atoms with E-state index >= 15 is 0 Å². The second-order valence-electron chi connectivity index (χ2n) is 6.69. The molecule has 3 fully saturated rings. The van der Waals surface area contributed by atoms with Crippen LogP contribution in [0.4, 0.5) is 0 Å². The van der Waals surface area contributed by atoms with Gasteiger partial charge in [0.1, 0.15) is 0 Å². The molecule has 0 aromatic heterocycles. The molecule has 2 unspecified atom stereocenters. The van der Waals surface area contributed by atoms with Crippen molar-refractivity contribution in [1.82, 2.24) is 10.2 Å². The van der Waals surface area contributed by atoms with Gasteiger partial charge in [0, 0.05) is 18.6 Å². The normalized spacial score (nSPS) is 35.5. The van der Waals surface area contributed by atoms with Crippen molar-refractivity contribution < 1.29 is 0 Å². The Bertz CT molecular complexity index is 246. The number of nitrogens with zero attached hydrogens (tertiary/aromatic N) is 1. The van der Waals surface area contributed by atoms with Crippen LogP contribution in [0.5, 0.6) is 0 Å². The molecule has 2 nitrogen and oxygen atoms in total. The van der Waals surface area contributed by atoms with Crippen LogP contribution in [-0.2, 0) is 0 Å². The van der Waals surface area contributed by atoms with Crippen molar-refractivity contribution in [3.05, 3.63) is 0 Å². The highest BCUT2D eigenvalue weighted by Gasteiger charge is 2.42. The van der Waals surface area contributed by atoms with Crippen molar-refractivity contribution in [2.75, 3.05) is 20.1 Å². The molecule has 2 atom stereocenters. The van der Waals surface area contributed by atoms with Crippen LogP contribution >= 0.6 is 0 Å². The van der Waals surface area contributed by atoms with Gasteiger partial charge in [-0.2, -0.15) is 0 Å². The first-order valence-electron chi connectivity index (χ1n) is 7.69. The molecular formula is C15H28N2. The van der Waals surface area contributed by atoms with Gasteiger partial charge in [-0.15, -0.1) is 0 Å². The lowest BCUT2D eigenvalue weighted by atomic mass is 9.93. The van der Waals surface area contributed by atoms with E-state index in [9.17, 15) is 0 Å². The predicted molar refractivity (Wildman–Crippen MR) is 72.1 cm³/mol. The van der Waals surface area contributed by atoms with E-state index in [-0.39, 0.29) is 0 Å². The molecule has 2 heteroatoms. The van der Waals surface area contributed by atoms with Crippen LogP contribution in [0.1, 0.15) is 45.4 Å². The molecule has 1 N–H and O–H groups in total. The molecule has 0 aromatic carbocycles. The summed E-state index contributed by atoms with van der Waals surface area (Å²) >= 11 is 0. The Morgan fingerprint density at radius 2 is 1.76 bits per heavy atom. The quantitative estimate of drug-likeness (QED) is 0.789. The number of hydrogen-bond donors (Lipinski definition) is 1. The van der Waals surface area contributed by atoms with Crippen molar-refractivity contribution in [2.24, 2.45) is 17.8 Å². The molecule has 0 aromatic rings. The minimum absolute atomic E-state index is 0.765. The Morgan fingerprint density at radius 3 is 2.24 bits per heavy atom. The number of piperidine rings is 1. The highest BCUT2D eigenvalue weighted by molar-refractivity contribution is 4.94. The maximum Gasteiger partial charge on any atom is 0.00910 e. The Hall–Kier alpha value is -0.0800. The Labute approximate surface area is 106 Å². The van der Waals surface area contributed by atoms with Crippen LogP contribution in [-0.4, -0.2) is 37.1 Å². The summed E-state index contributed by atoms with van der Waals surface area (Å²) in [6.07, 6.45) is 8.82. The highest BCUT2D eigenvalue weighted by Crippen LogP contribution is 2.49. The second kappa shape index (κ2) is 4.89. The summed E-state index contributed by atoms with van der Waals surface area (Å²) in [5.41, 5.74) is 0. The SMILES string of the molecule is CNC1CCN(CC(C2CC2)C2CC2)C(C)C1. The van der Waals surface area contributed by atoms with Crippen molar-refractivity contribution in [3.8, 4) is 0 Å². The molecule has 0 bridgehead atoms. The van der Waals surface area contributed by atoms with Gasteiger partial charge in [-0.05, 0) is 76.8 Å². The zero-order chi connectivity index (χ0) is 11.8. The van der Waals surface area contributed by atoms with E-state index in [1.54, 1.807) is 0 Å². The third kappa shape index (κ3) is 2.85. The molecule has 1 saturated heterocycles. The number of nitrogens with one attached hydrogen (secondary N) is 1.